The van der Waals surface area contributed by atoms with Gasteiger partial charge in [0, 0.05) is 31.5 Å². The molecule has 8 heteroatoms. The molecule has 1 aliphatic carbocycles. The van der Waals surface area contributed by atoms with Crippen LogP contribution in [0, 0.1) is 6.92 Å². The van der Waals surface area contributed by atoms with Crippen LogP contribution in [0.25, 0.3) is 27.9 Å². The molecule has 4 aromatic heterocycles. The van der Waals surface area contributed by atoms with Crippen LogP contribution < -0.4 is 5.32 Å². The molecule has 0 unspecified atom stereocenters. The van der Waals surface area contributed by atoms with E-state index in [1.54, 1.807) is 7.11 Å². The highest BCUT2D eigenvalue weighted by molar-refractivity contribution is 5.82. The Morgan fingerprint density at radius 2 is 1.97 bits per heavy atom. The molecule has 0 aliphatic heterocycles. The average Bonchev–Trinajstić information content (AvgIpc) is 3.33. The van der Waals surface area contributed by atoms with Crippen LogP contribution in [0.15, 0.2) is 30.6 Å². The quantitative estimate of drug-likeness (QED) is 0.543. The lowest BCUT2D eigenvalue weighted by Crippen LogP contribution is -2.30. The van der Waals surface area contributed by atoms with Crippen molar-refractivity contribution in [1.29, 1.82) is 0 Å². The fourth-order valence-electron chi connectivity index (χ4n) is 4.45. The second-order valence-electron chi connectivity index (χ2n) is 7.94. The van der Waals surface area contributed by atoms with E-state index in [4.69, 9.17) is 9.72 Å². The lowest BCUT2D eigenvalue weighted by molar-refractivity contribution is 0.0681. The smallest absolute Gasteiger partial charge is 0.241 e. The van der Waals surface area contributed by atoms with Crippen LogP contribution >= 0.6 is 0 Å². The van der Waals surface area contributed by atoms with Gasteiger partial charge in [0.25, 0.3) is 0 Å². The van der Waals surface area contributed by atoms with Gasteiger partial charge < -0.3 is 14.6 Å². The fourth-order valence-corrected chi connectivity index (χ4v) is 4.45. The first kappa shape index (κ1) is 19.0. The molecule has 1 aliphatic rings. The highest BCUT2D eigenvalue weighted by Gasteiger charge is 2.21. The molecule has 0 radical (unpaired) electrons. The number of ether oxygens (including phenoxy) is 1. The summed E-state index contributed by atoms with van der Waals surface area (Å²) in [6, 6.07) is 6.49. The van der Waals surface area contributed by atoms with Crippen molar-refractivity contribution in [3.8, 4) is 11.3 Å². The third-order valence-corrected chi connectivity index (χ3v) is 6.13. The number of hydrogen-bond donors (Lipinski definition) is 1. The van der Waals surface area contributed by atoms with Gasteiger partial charge in [-0.3, -0.25) is 0 Å². The van der Waals surface area contributed by atoms with Gasteiger partial charge in [-0.25, -0.2) is 19.5 Å². The maximum absolute atomic E-state index is 5.46. The molecule has 8 nitrogen and oxygen atoms in total. The maximum Gasteiger partial charge on any atom is 0.241 e. The monoisotopic (exact) mass is 405 g/mol. The van der Waals surface area contributed by atoms with Crippen LogP contribution in [0.5, 0.6) is 0 Å². The molecule has 0 spiro atoms. The molecular weight excluding hydrogens is 378 g/mol. The van der Waals surface area contributed by atoms with E-state index in [0.717, 1.165) is 66.0 Å². The Balaban J connectivity index is 1.42. The van der Waals surface area contributed by atoms with E-state index in [1.165, 1.54) is 0 Å². The van der Waals surface area contributed by atoms with Crippen LogP contribution in [0.1, 0.15) is 38.4 Å². The predicted molar refractivity (Wildman–Crippen MR) is 117 cm³/mol. The normalized spacial score (nSPS) is 19.6. The minimum atomic E-state index is 0.385. The molecule has 1 saturated carbocycles. The summed E-state index contributed by atoms with van der Waals surface area (Å²) in [7, 11) is 1.79. The predicted octanol–water partition coefficient (Wildman–Crippen LogP) is 3.84. The fraction of sp³-hybridized carbons (Fsp3) is 0.455. The van der Waals surface area contributed by atoms with E-state index in [9.17, 15) is 0 Å². The summed E-state index contributed by atoms with van der Waals surface area (Å²) >= 11 is 0. The summed E-state index contributed by atoms with van der Waals surface area (Å²) < 4.78 is 9.47. The van der Waals surface area contributed by atoms with Gasteiger partial charge in [0.1, 0.15) is 11.3 Å². The number of imidazole rings is 1. The minimum absolute atomic E-state index is 0.385. The van der Waals surface area contributed by atoms with Crippen molar-refractivity contribution in [2.75, 3.05) is 12.4 Å². The van der Waals surface area contributed by atoms with Crippen LogP contribution in [0.3, 0.4) is 0 Å². The molecule has 4 heterocycles. The lowest BCUT2D eigenvalue weighted by Gasteiger charge is -2.28. The molecule has 1 fully saturated rings. The van der Waals surface area contributed by atoms with Gasteiger partial charge in [0.15, 0.2) is 5.65 Å². The molecule has 30 heavy (non-hydrogen) atoms. The molecule has 0 atom stereocenters. The highest BCUT2D eigenvalue weighted by atomic mass is 16.5. The second-order valence-corrected chi connectivity index (χ2v) is 7.94. The third-order valence-electron chi connectivity index (χ3n) is 6.13. The first-order chi connectivity index (χ1) is 14.7. The maximum atomic E-state index is 5.46. The molecule has 0 amide bonds. The van der Waals surface area contributed by atoms with Crippen molar-refractivity contribution in [3.05, 3.63) is 36.4 Å². The van der Waals surface area contributed by atoms with Crippen LogP contribution in [-0.2, 0) is 11.3 Å². The van der Waals surface area contributed by atoms with Crippen molar-refractivity contribution in [1.82, 2.24) is 29.1 Å². The zero-order chi connectivity index (χ0) is 20.7. The van der Waals surface area contributed by atoms with Crippen molar-refractivity contribution in [2.45, 2.75) is 58.2 Å². The van der Waals surface area contributed by atoms with Crippen molar-refractivity contribution >= 4 is 22.6 Å². The van der Waals surface area contributed by atoms with Gasteiger partial charge >= 0.3 is 0 Å². The summed E-state index contributed by atoms with van der Waals surface area (Å²) in [5.74, 6) is 1.64. The molecular formula is C22H27N7O. The van der Waals surface area contributed by atoms with Gasteiger partial charge in [-0.05, 0) is 57.7 Å². The Kier molecular flexibility index (Phi) is 4.86. The largest absolute Gasteiger partial charge is 0.381 e. The van der Waals surface area contributed by atoms with Gasteiger partial charge in [-0.1, -0.05) is 0 Å². The summed E-state index contributed by atoms with van der Waals surface area (Å²) in [6.07, 6.45) is 8.53. The number of hydrogen-bond acceptors (Lipinski definition) is 6. The average molecular weight is 406 g/mol. The summed E-state index contributed by atoms with van der Waals surface area (Å²) in [5.41, 5.74) is 4.70. The Morgan fingerprint density at radius 1 is 1.13 bits per heavy atom. The zero-order valence-electron chi connectivity index (χ0n) is 17.7. The highest BCUT2D eigenvalue weighted by Crippen LogP contribution is 2.27. The molecule has 1 N–H and O–H groups in total. The number of nitrogens with one attached hydrogen (secondary N) is 1. The van der Waals surface area contributed by atoms with Gasteiger partial charge in [-0.2, -0.15) is 0 Å². The third kappa shape index (κ3) is 3.31. The van der Waals surface area contributed by atoms with Gasteiger partial charge in [-0.15, -0.1) is 5.10 Å². The van der Waals surface area contributed by atoms with Crippen LogP contribution in [0.2, 0.25) is 0 Å². The molecule has 5 rings (SSSR count). The Hall–Kier alpha value is -3.00. The topological polar surface area (TPSA) is 82.2 Å². The van der Waals surface area contributed by atoms with Crippen molar-refractivity contribution in [3.63, 3.8) is 0 Å². The standard InChI is InChI=1S/C22H27N7O/c1-4-28-14(2)24-19-10-9-18(26-21(19)28)17-11-12-29-20(17)13-23-22(27-29)25-15-5-7-16(30-3)8-6-15/h9-13,15-16H,4-8H2,1-3H3,(H,25,27)/t15-,16-. The van der Waals surface area contributed by atoms with E-state index in [-0.39, 0.29) is 0 Å². The van der Waals surface area contributed by atoms with Crippen LogP contribution in [-0.4, -0.2) is 48.4 Å². The van der Waals surface area contributed by atoms with E-state index < -0.39 is 0 Å². The number of anilines is 1. The molecule has 0 bridgehead atoms. The molecule has 4 aromatic rings. The number of fused-ring (bicyclic) bond motifs is 2. The second kappa shape index (κ2) is 7.68. The Morgan fingerprint density at radius 3 is 2.73 bits per heavy atom. The number of pyridine rings is 1. The number of aromatic nitrogens is 6. The molecule has 156 valence electrons. The first-order valence-corrected chi connectivity index (χ1v) is 10.6. The molecule has 0 saturated heterocycles. The van der Waals surface area contributed by atoms with E-state index in [1.807, 2.05) is 42.0 Å². The lowest BCUT2D eigenvalue weighted by atomic mass is 9.93. The number of methoxy groups -OCH3 is 1. The van der Waals surface area contributed by atoms with Gasteiger partial charge in [0.2, 0.25) is 5.95 Å². The number of rotatable bonds is 5. The summed E-state index contributed by atoms with van der Waals surface area (Å²) in [5, 5.41) is 8.16. The van der Waals surface area contributed by atoms with E-state index >= 15 is 0 Å². The van der Waals surface area contributed by atoms with E-state index in [0.29, 0.717) is 18.1 Å². The summed E-state index contributed by atoms with van der Waals surface area (Å²) in [6.45, 7) is 4.98. The van der Waals surface area contributed by atoms with Crippen LogP contribution in [0.4, 0.5) is 5.95 Å². The Bertz CT molecular complexity index is 1190. The zero-order valence-corrected chi connectivity index (χ0v) is 17.7. The SMILES string of the molecule is CCn1c(C)nc2ccc(-c3ccn4nc(N[C@H]5CC[C@H](OC)CC5)ncc34)nc21. The van der Waals surface area contributed by atoms with E-state index in [2.05, 4.69) is 31.9 Å². The molecule has 0 aromatic carbocycles. The van der Waals surface area contributed by atoms with Gasteiger partial charge in [0.05, 0.1) is 23.5 Å². The van der Waals surface area contributed by atoms with Crippen molar-refractivity contribution in [2.24, 2.45) is 0 Å². The number of aryl methyl sites for hydroxylation is 2. The van der Waals surface area contributed by atoms with Crippen molar-refractivity contribution < 1.29 is 4.74 Å². The first-order valence-electron chi connectivity index (χ1n) is 10.6. The Labute approximate surface area is 175 Å². The summed E-state index contributed by atoms with van der Waals surface area (Å²) in [4.78, 5) is 14.1. The number of nitrogens with zero attached hydrogens (tertiary/aromatic N) is 6. The minimum Gasteiger partial charge on any atom is -0.381 e.